The Morgan fingerprint density at radius 2 is 2.00 bits per heavy atom. The molecular formula is C20H29Cl2N3O2. The molecule has 150 valence electrons. The van der Waals surface area contributed by atoms with Gasteiger partial charge < -0.3 is 15.1 Å². The van der Waals surface area contributed by atoms with Crippen LogP contribution in [0.15, 0.2) is 40.9 Å². The van der Waals surface area contributed by atoms with Crippen LogP contribution in [-0.2, 0) is 11.2 Å². The minimum absolute atomic E-state index is 0. The quantitative estimate of drug-likeness (QED) is 0.800. The molecule has 0 saturated carbocycles. The van der Waals surface area contributed by atoms with E-state index in [-0.39, 0.29) is 42.2 Å². The number of aromatic nitrogens is 1. The van der Waals surface area contributed by atoms with E-state index in [4.69, 9.17) is 10.2 Å². The third-order valence-corrected chi connectivity index (χ3v) is 5.06. The van der Waals surface area contributed by atoms with Crippen LogP contribution in [0.3, 0.4) is 0 Å². The summed E-state index contributed by atoms with van der Waals surface area (Å²) >= 11 is 0. The molecule has 1 aliphatic rings. The van der Waals surface area contributed by atoms with Crippen LogP contribution in [-0.4, -0.2) is 34.9 Å². The minimum atomic E-state index is -0.0128. The van der Waals surface area contributed by atoms with Gasteiger partial charge in [0.15, 0.2) is 11.7 Å². The number of aryl methyl sites for hydroxylation is 1. The third-order valence-electron chi connectivity index (χ3n) is 5.06. The van der Waals surface area contributed by atoms with Crippen molar-refractivity contribution in [1.82, 2.24) is 9.88 Å². The van der Waals surface area contributed by atoms with Crippen LogP contribution in [0.25, 0.3) is 11.3 Å². The zero-order valence-corrected chi connectivity index (χ0v) is 17.5. The predicted molar refractivity (Wildman–Crippen MR) is 112 cm³/mol. The Labute approximate surface area is 173 Å². The Hall–Kier alpha value is -1.56. The molecular weight excluding hydrogens is 385 g/mol. The van der Waals surface area contributed by atoms with Crippen LogP contribution in [0.1, 0.15) is 39.0 Å². The molecule has 1 aliphatic heterocycles. The van der Waals surface area contributed by atoms with E-state index in [1.807, 2.05) is 35.2 Å². The van der Waals surface area contributed by atoms with Crippen LogP contribution in [0, 0.1) is 5.41 Å². The Bertz CT molecular complexity index is 719. The number of hydrogen-bond acceptors (Lipinski definition) is 4. The number of amides is 1. The number of halogens is 2. The molecule has 2 N–H and O–H groups in total. The van der Waals surface area contributed by atoms with E-state index >= 15 is 0 Å². The zero-order chi connectivity index (χ0) is 17.9. The van der Waals surface area contributed by atoms with Crippen LogP contribution in [0.4, 0.5) is 0 Å². The molecule has 1 saturated heterocycles. The van der Waals surface area contributed by atoms with Gasteiger partial charge in [0.1, 0.15) is 0 Å². The lowest BCUT2D eigenvalue weighted by Gasteiger charge is -2.42. The molecule has 1 aromatic carbocycles. The first-order valence-corrected chi connectivity index (χ1v) is 8.99. The molecule has 27 heavy (non-hydrogen) atoms. The molecule has 2 heterocycles. The molecule has 5 nitrogen and oxygen atoms in total. The number of carbonyl (C=O) groups is 1. The Morgan fingerprint density at radius 1 is 1.30 bits per heavy atom. The van der Waals surface area contributed by atoms with Crippen molar-refractivity contribution in [2.24, 2.45) is 11.1 Å². The first kappa shape index (κ1) is 23.5. The normalized spacial score (nSPS) is 18.3. The van der Waals surface area contributed by atoms with E-state index in [2.05, 4.69) is 18.8 Å². The Kier molecular flexibility index (Phi) is 8.79. The first-order valence-electron chi connectivity index (χ1n) is 8.99. The highest BCUT2D eigenvalue weighted by atomic mass is 35.5. The maximum atomic E-state index is 12.4. The lowest BCUT2D eigenvalue weighted by atomic mass is 9.79. The van der Waals surface area contributed by atoms with E-state index in [9.17, 15) is 4.79 Å². The molecule has 1 amide bonds. The molecule has 7 heteroatoms. The number of nitrogens with zero attached hydrogens (tertiary/aromatic N) is 2. The molecule has 0 radical (unpaired) electrons. The van der Waals surface area contributed by atoms with Crippen molar-refractivity contribution in [3.8, 4) is 11.3 Å². The van der Waals surface area contributed by atoms with Gasteiger partial charge in [0.05, 0.1) is 6.20 Å². The molecule has 0 spiro atoms. The SMILES string of the molecule is CC1(C)CN(C(=O)CCCc2ncc(-c3ccccc3)o2)CCC1N.Cl.Cl. The van der Waals surface area contributed by atoms with Gasteiger partial charge in [0.25, 0.3) is 0 Å². The van der Waals surface area contributed by atoms with Crippen molar-refractivity contribution in [1.29, 1.82) is 0 Å². The number of piperidine rings is 1. The van der Waals surface area contributed by atoms with Crippen molar-refractivity contribution < 1.29 is 9.21 Å². The van der Waals surface area contributed by atoms with E-state index in [1.165, 1.54) is 0 Å². The number of oxazole rings is 1. The maximum absolute atomic E-state index is 12.4. The van der Waals surface area contributed by atoms with Crippen LogP contribution in [0.5, 0.6) is 0 Å². The molecule has 0 bridgehead atoms. The minimum Gasteiger partial charge on any atom is -0.441 e. The van der Waals surface area contributed by atoms with Gasteiger partial charge in [-0.2, -0.15) is 0 Å². The predicted octanol–water partition coefficient (Wildman–Crippen LogP) is 4.09. The highest BCUT2D eigenvalue weighted by molar-refractivity contribution is 5.85. The van der Waals surface area contributed by atoms with Crippen LogP contribution < -0.4 is 5.73 Å². The summed E-state index contributed by atoms with van der Waals surface area (Å²) in [4.78, 5) is 18.7. The van der Waals surface area contributed by atoms with E-state index in [0.717, 1.165) is 37.3 Å². The first-order chi connectivity index (χ1) is 12.0. The average Bonchev–Trinajstić information content (AvgIpc) is 3.07. The summed E-state index contributed by atoms with van der Waals surface area (Å²) in [5.41, 5.74) is 7.15. The van der Waals surface area contributed by atoms with Gasteiger partial charge in [-0.1, -0.05) is 44.2 Å². The van der Waals surface area contributed by atoms with Crippen molar-refractivity contribution >= 4 is 30.7 Å². The fourth-order valence-electron chi connectivity index (χ4n) is 3.30. The van der Waals surface area contributed by atoms with E-state index in [0.29, 0.717) is 18.7 Å². The van der Waals surface area contributed by atoms with Gasteiger partial charge in [-0.3, -0.25) is 4.79 Å². The second-order valence-electron chi connectivity index (χ2n) is 7.54. The van der Waals surface area contributed by atoms with Gasteiger partial charge in [-0.25, -0.2) is 4.98 Å². The molecule has 3 rings (SSSR count). The standard InChI is InChI=1S/C20H27N3O2.2ClH/c1-20(2)14-23(12-11-17(20)21)19(24)10-6-9-18-22-13-16(25-18)15-7-4-3-5-8-15;;/h3-5,7-8,13,17H,6,9-12,14,21H2,1-2H3;2*1H. The summed E-state index contributed by atoms with van der Waals surface area (Å²) in [6.07, 6.45) is 4.57. The molecule has 0 aliphatic carbocycles. The number of hydrogen-bond donors (Lipinski definition) is 1. The van der Waals surface area contributed by atoms with Gasteiger partial charge >= 0.3 is 0 Å². The summed E-state index contributed by atoms with van der Waals surface area (Å²) in [5, 5.41) is 0. The summed E-state index contributed by atoms with van der Waals surface area (Å²) in [6.45, 7) is 5.77. The molecule has 1 fully saturated rings. The monoisotopic (exact) mass is 413 g/mol. The van der Waals surface area contributed by atoms with Gasteiger partial charge in [-0.15, -0.1) is 24.8 Å². The highest BCUT2D eigenvalue weighted by Crippen LogP contribution is 2.28. The summed E-state index contributed by atoms with van der Waals surface area (Å²) in [6, 6.07) is 10.1. The van der Waals surface area contributed by atoms with Crippen molar-refractivity contribution in [2.75, 3.05) is 13.1 Å². The zero-order valence-electron chi connectivity index (χ0n) is 15.9. The third kappa shape index (κ3) is 5.96. The largest absolute Gasteiger partial charge is 0.441 e. The van der Waals surface area contributed by atoms with E-state index in [1.54, 1.807) is 6.20 Å². The number of benzene rings is 1. The fraction of sp³-hybridized carbons (Fsp3) is 0.500. The van der Waals surface area contributed by atoms with Crippen LogP contribution in [0.2, 0.25) is 0 Å². The van der Waals surface area contributed by atoms with Crippen molar-refractivity contribution in [3.63, 3.8) is 0 Å². The number of nitrogens with two attached hydrogens (primary N) is 1. The number of rotatable bonds is 5. The molecule has 1 atom stereocenters. The lowest BCUT2D eigenvalue weighted by Crippen LogP contribution is -2.53. The van der Waals surface area contributed by atoms with Gasteiger partial charge in [0.2, 0.25) is 5.91 Å². The topological polar surface area (TPSA) is 72.4 Å². The van der Waals surface area contributed by atoms with Gasteiger partial charge in [0, 0.05) is 37.5 Å². The van der Waals surface area contributed by atoms with Crippen molar-refractivity contribution in [3.05, 3.63) is 42.4 Å². The number of likely N-dealkylation sites (tertiary alicyclic amines) is 1. The summed E-state index contributed by atoms with van der Waals surface area (Å²) in [5.74, 6) is 1.66. The second kappa shape index (κ2) is 10.1. The summed E-state index contributed by atoms with van der Waals surface area (Å²) < 4.78 is 5.79. The Morgan fingerprint density at radius 3 is 2.67 bits per heavy atom. The van der Waals surface area contributed by atoms with E-state index < -0.39 is 0 Å². The number of carbonyl (C=O) groups excluding carboxylic acids is 1. The van der Waals surface area contributed by atoms with Crippen molar-refractivity contribution in [2.45, 2.75) is 45.6 Å². The molecule has 2 aromatic rings. The second-order valence-corrected chi connectivity index (χ2v) is 7.54. The summed E-state index contributed by atoms with van der Waals surface area (Å²) in [7, 11) is 0. The lowest BCUT2D eigenvalue weighted by molar-refractivity contribution is -0.134. The van der Waals surface area contributed by atoms with Gasteiger partial charge in [-0.05, 0) is 18.3 Å². The highest BCUT2D eigenvalue weighted by Gasteiger charge is 2.34. The maximum Gasteiger partial charge on any atom is 0.222 e. The van der Waals surface area contributed by atoms with Crippen LogP contribution >= 0.6 is 24.8 Å². The molecule has 1 unspecified atom stereocenters. The smallest absolute Gasteiger partial charge is 0.222 e. The Balaban J connectivity index is 0.00000182. The average molecular weight is 414 g/mol. The molecule has 1 aromatic heterocycles. The fourth-order valence-corrected chi connectivity index (χ4v) is 3.30.